The van der Waals surface area contributed by atoms with Crippen LogP contribution in [0.4, 0.5) is 15.0 Å². The molecule has 1 aliphatic heterocycles. The number of hydrogen-bond donors (Lipinski definition) is 2. The van der Waals surface area contributed by atoms with E-state index in [4.69, 9.17) is 18.9 Å². The van der Waals surface area contributed by atoms with Gasteiger partial charge in [0, 0.05) is 30.9 Å². The second-order valence-electron chi connectivity index (χ2n) is 10.5. The van der Waals surface area contributed by atoms with Gasteiger partial charge in [-0.25, -0.2) is 23.5 Å². The van der Waals surface area contributed by atoms with Crippen molar-refractivity contribution < 1.29 is 32.9 Å². The normalized spacial score (nSPS) is 17.3. The highest BCUT2D eigenvalue weighted by Crippen LogP contribution is 2.41. The highest BCUT2D eigenvalue weighted by molar-refractivity contribution is 5.95. The monoisotopic (exact) mass is 543 g/mol. The van der Waals surface area contributed by atoms with Crippen LogP contribution in [0.25, 0.3) is 5.65 Å². The Kier molecular flexibility index (Phi) is 7.96. The molecule has 3 aromatic rings. The molecule has 0 saturated heterocycles. The lowest BCUT2D eigenvalue weighted by molar-refractivity contribution is 0.00114. The van der Waals surface area contributed by atoms with Gasteiger partial charge in [-0.3, -0.25) is 0 Å². The van der Waals surface area contributed by atoms with Crippen molar-refractivity contribution in [3.05, 3.63) is 53.1 Å². The molecule has 3 heterocycles. The molecule has 0 fully saturated rings. The summed E-state index contributed by atoms with van der Waals surface area (Å²) in [6, 6.07) is 4.10. The van der Waals surface area contributed by atoms with E-state index in [9.17, 15) is 14.0 Å². The summed E-state index contributed by atoms with van der Waals surface area (Å²) in [6.45, 7) is 9.40. The Balaban J connectivity index is 1.57. The number of ether oxygens (including phenoxy) is 4. The maximum Gasteiger partial charge on any atom is 0.407 e. The van der Waals surface area contributed by atoms with Crippen molar-refractivity contribution in [1.29, 1.82) is 0 Å². The van der Waals surface area contributed by atoms with E-state index in [0.29, 0.717) is 34.8 Å². The van der Waals surface area contributed by atoms with E-state index < -0.39 is 35.1 Å². The number of nitrogens with one attached hydrogen (secondary N) is 2. The molecule has 1 aromatic carbocycles. The molecule has 39 heavy (non-hydrogen) atoms. The van der Waals surface area contributed by atoms with Crippen LogP contribution in [0.5, 0.6) is 5.75 Å². The number of alkyl carbamates (subject to hydrolysis) is 1. The molecule has 2 aromatic heterocycles. The summed E-state index contributed by atoms with van der Waals surface area (Å²) < 4.78 is 38.5. The number of hydrogen-bond acceptors (Lipinski definition) is 9. The minimum atomic E-state index is -0.945. The van der Waals surface area contributed by atoms with Crippen LogP contribution in [-0.2, 0) is 20.6 Å². The van der Waals surface area contributed by atoms with Crippen molar-refractivity contribution in [3.8, 4) is 5.75 Å². The highest BCUT2D eigenvalue weighted by Gasteiger charge is 2.42. The van der Waals surface area contributed by atoms with Gasteiger partial charge in [0.25, 0.3) is 0 Å². The summed E-state index contributed by atoms with van der Waals surface area (Å²) in [5, 5.41) is 10.2. The molecule has 2 unspecified atom stereocenters. The summed E-state index contributed by atoms with van der Waals surface area (Å²) >= 11 is 0. The van der Waals surface area contributed by atoms with Crippen LogP contribution in [0, 0.1) is 5.82 Å². The first kappa shape index (κ1) is 28.1. The number of methoxy groups -OCH3 is 1. The van der Waals surface area contributed by atoms with Gasteiger partial charge in [-0.2, -0.15) is 5.10 Å². The molecule has 0 radical (unpaired) electrons. The van der Waals surface area contributed by atoms with E-state index in [1.165, 1.54) is 30.0 Å². The molecule has 0 bridgehead atoms. The fraction of sp³-hybridized carbons (Fsp3) is 0.481. The number of carbonyl (C=O) groups is 2. The predicted molar refractivity (Wildman–Crippen MR) is 141 cm³/mol. The number of benzene rings is 1. The van der Waals surface area contributed by atoms with Gasteiger partial charge in [0.15, 0.2) is 11.2 Å². The van der Waals surface area contributed by atoms with Crippen LogP contribution in [-0.4, -0.2) is 64.7 Å². The van der Waals surface area contributed by atoms with E-state index in [2.05, 4.69) is 20.7 Å². The smallest absolute Gasteiger partial charge is 0.407 e. The molecule has 2 N–H and O–H groups in total. The molecule has 210 valence electrons. The number of esters is 1. The third kappa shape index (κ3) is 6.39. The lowest BCUT2D eigenvalue weighted by atomic mass is 9.96. The van der Waals surface area contributed by atoms with Crippen molar-refractivity contribution in [3.63, 3.8) is 0 Å². The topological polar surface area (TPSA) is 125 Å². The average Bonchev–Trinajstić information content (AvgIpc) is 3.43. The molecule has 4 rings (SSSR count). The minimum absolute atomic E-state index is 0.101. The van der Waals surface area contributed by atoms with Crippen LogP contribution in [0.2, 0.25) is 0 Å². The standard InChI is InChI=1S/C27H34FN5O6/c1-7-37-24(34)20-13-30-33-9-8-21(32-23(20)33)31-16(2)19-11-18(28)10-17-12-27(15-36-6,38-22(17)19)14-29-25(35)39-26(3,4)5/h8-11,13,16H,7,12,14-15H2,1-6H3,(H,29,35)(H,31,32). The van der Waals surface area contributed by atoms with Crippen LogP contribution >= 0.6 is 0 Å². The Morgan fingerprint density at radius 2 is 2.08 bits per heavy atom. The number of rotatable bonds is 9. The van der Waals surface area contributed by atoms with Gasteiger partial charge in [-0.1, -0.05) is 0 Å². The molecule has 1 amide bonds. The van der Waals surface area contributed by atoms with Gasteiger partial charge < -0.3 is 29.6 Å². The van der Waals surface area contributed by atoms with E-state index >= 15 is 0 Å². The zero-order chi connectivity index (χ0) is 28.4. The molecule has 0 aliphatic carbocycles. The lowest BCUT2D eigenvalue weighted by Crippen LogP contribution is -2.50. The van der Waals surface area contributed by atoms with E-state index in [0.717, 1.165) is 0 Å². The number of halogens is 1. The Morgan fingerprint density at radius 3 is 2.77 bits per heavy atom. The number of aromatic nitrogens is 3. The van der Waals surface area contributed by atoms with Gasteiger partial charge >= 0.3 is 12.1 Å². The van der Waals surface area contributed by atoms with Crippen molar-refractivity contribution in [1.82, 2.24) is 19.9 Å². The average molecular weight is 544 g/mol. The van der Waals surface area contributed by atoms with E-state index in [1.54, 1.807) is 40.0 Å². The van der Waals surface area contributed by atoms with Gasteiger partial charge in [-0.05, 0) is 52.8 Å². The second-order valence-corrected chi connectivity index (χ2v) is 10.5. The third-order valence-electron chi connectivity index (χ3n) is 6.05. The summed E-state index contributed by atoms with van der Waals surface area (Å²) in [5.41, 5.74) is 0.204. The molecule has 1 aliphatic rings. The second kappa shape index (κ2) is 11.0. The van der Waals surface area contributed by atoms with Gasteiger partial charge in [0.05, 0.1) is 32.0 Å². The van der Waals surface area contributed by atoms with Gasteiger partial charge in [0.2, 0.25) is 0 Å². The van der Waals surface area contributed by atoms with Crippen molar-refractivity contribution >= 4 is 23.5 Å². The molecular weight excluding hydrogens is 509 g/mol. The number of fused-ring (bicyclic) bond motifs is 2. The van der Waals surface area contributed by atoms with E-state index in [-0.39, 0.29) is 25.3 Å². The van der Waals surface area contributed by atoms with Gasteiger partial charge in [0.1, 0.15) is 28.5 Å². The van der Waals surface area contributed by atoms with Gasteiger partial charge in [-0.15, -0.1) is 0 Å². The SMILES string of the molecule is CCOC(=O)c1cnn2ccc(NC(C)c3cc(F)cc4c3OC(CNC(=O)OC(C)(C)C)(COC)C4)nc12. The first-order valence-corrected chi connectivity index (χ1v) is 12.7. The maximum absolute atomic E-state index is 14.8. The third-order valence-corrected chi connectivity index (χ3v) is 6.05. The highest BCUT2D eigenvalue weighted by atomic mass is 19.1. The largest absolute Gasteiger partial charge is 0.482 e. The molecule has 0 spiro atoms. The summed E-state index contributed by atoms with van der Waals surface area (Å²) in [4.78, 5) is 29.1. The van der Waals surface area contributed by atoms with Crippen LogP contribution in [0.1, 0.15) is 62.1 Å². The Morgan fingerprint density at radius 1 is 1.31 bits per heavy atom. The molecular formula is C27H34FN5O6. The maximum atomic E-state index is 14.8. The summed E-state index contributed by atoms with van der Waals surface area (Å²) in [7, 11) is 1.54. The molecule has 11 nitrogen and oxygen atoms in total. The fourth-order valence-corrected chi connectivity index (χ4v) is 4.49. The fourth-order valence-electron chi connectivity index (χ4n) is 4.49. The van der Waals surface area contributed by atoms with Crippen molar-refractivity contribution in [2.45, 2.75) is 58.3 Å². The zero-order valence-electron chi connectivity index (χ0n) is 23.0. The number of carbonyl (C=O) groups excluding carboxylic acids is 2. The summed E-state index contributed by atoms with van der Waals surface area (Å²) in [6.07, 6.45) is 2.81. The number of anilines is 1. The van der Waals surface area contributed by atoms with Crippen molar-refractivity contribution in [2.24, 2.45) is 0 Å². The van der Waals surface area contributed by atoms with Crippen LogP contribution in [0.15, 0.2) is 30.6 Å². The number of nitrogens with zero attached hydrogens (tertiary/aromatic N) is 3. The van der Waals surface area contributed by atoms with Crippen molar-refractivity contribution in [2.75, 3.05) is 32.2 Å². The lowest BCUT2D eigenvalue weighted by Gasteiger charge is -2.30. The predicted octanol–water partition coefficient (Wildman–Crippen LogP) is 4.06. The minimum Gasteiger partial charge on any atom is -0.482 e. The van der Waals surface area contributed by atoms with Crippen LogP contribution in [0.3, 0.4) is 0 Å². The first-order chi connectivity index (χ1) is 18.4. The van der Waals surface area contributed by atoms with Crippen LogP contribution < -0.4 is 15.4 Å². The number of amides is 1. The quantitative estimate of drug-likeness (QED) is 0.384. The molecule has 0 saturated carbocycles. The Labute approximate surface area is 226 Å². The summed E-state index contributed by atoms with van der Waals surface area (Å²) in [5.74, 6) is 0.0259. The van der Waals surface area contributed by atoms with E-state index in [1.807, 2.05) is 6.92 Å². The molecule has 12 heteroatoms. The Bertz CT molecular complexity index is 1370. The Hall–Kier alpha value is -3.93. The zero-order valence-corrected chi connectivity index (χ0v) is 23.0. The first-order valence-electron chi connectivity index (χ1n) is 12.7. The molecule has 2 atom stereocenters.